The van der Waals surface area contributed by atoms with Gasteiger partial charge in [0.05, 0.1) is 5.75 Å². The molecule has 1 fully saturated rings. The van der Waals surface area contributed by atoms with Gasteiger partial charge in [0, 0.05) is 25.7 Å². The van der Waals surface area contributed by atoms with Gasteiger partial charge in [-0.15, -0.1) is 17.5 Å². The van der Waals surface area contributed by atoms with Crippen LogP contribution in [0, 0.1) is 18.8 Å². The molecule has 1 saturated heterocycles. The highest BCUT2D eigenvalue weighted by Crippen LogP contribution is 2.25. The van der Waals surface area contributed by atoms with E-state index in [9.17, 15) is 8.42 Å². The monoisotopic (exact) mass is 380 g/mol. The topological polar surface area (TPSA) is 93.0 Å². The van der Waals surface area contributed by atoms with Gasteiger partial charge in [0.15, 0.2) is 0 Å². The maximum Gasteiger partial charge on any atom is 0.211 e. The number of tetrazole rings is 1. The highest BCUT2D eigenvalue weighted by atomic mass is 35.5. The van der Waals surface area contributed by atoms with Crippen LogP contribution in [0.1, 0.15) is 33.0 Å². The molecule has 0 unspecified atom stereocenters. The highest BCUT2D eigenvalue weighted by molar-refractivity contribution is 7.89. The number of halogens is 1. The van der Waals surface area contributed by atoms with E-state index in [1.54, 1.807) is 11.6 Å². The van der Waals surface area contributed by atoms with Crippen molar-refractivity contribution in [3.8, 4) is 0 Å². The number of hydrogen-bond donors (Lipinski definition) is 1. The van der Waals surface area contributed by atoms with Gasteiger partial charge < -0.3 is 4.90 Å². The lowest BCUT2D eigenvalue weighted by Crippen LogP contribution is -2.42. The Bertz CT molecular complexity index is 606. The van der Waals surface area contributed by atoms with Gasteiger partial charge in [-0.1, -0.05) is 13.8 Å². The first-order chi connectivity index (χ1) is 10.8. The summed E-state index contributed by atoms with van der Waals surface area (Å²) in [7, 11) is -3.16. The predicted molar refractivity (Wildman–Crippen MR) is 95.6 cm³/mol. The Morgan fingerprint density at radius 3 is 2.54 bits per heavy atom. The third-order valence-electron chi connectivity index (χ3n) is 4.56. The van der Waals surface area contributed by atoms with Gasteiger partial charge in [0.2, 0.25) is 10.0 Å². The van der Waals surface area contributed by atoms with Crippen molar-refractivity contribution in [1.82, 2.24) is 29.8 Å². The number of aryl methyl sites for hydroxylation is 2. The van der Waals surface area contributed by atoms with E-state index in [4.69, 9.17) is 0 Å². The molecule has 24 heavy (non-hydrogen) atoms. The van der Waals surface area contributed by atoms with Crippen molar-refractivity contribution in [1.29, 1.82) is 0 Å². The van der Waals surface area contributed by atoms with E-state index >= 15 is 0 Å². The molecular formula is C14H29ClN6O2S. The lowest BCUT2D eigenvalue weighted by molar-refractivity contribution is 0.291. The minimum Gasteiger partial charge on any atom is -0.301 e. The molecule has 1 aliphatic rings. The average Bonchev–Trinajstić information content (AvgIpc) is 3.06. The van der Waals surface area contributed by atoms with E-state index < -0.39 is 10.0 Å². The van der Waals surface area contributed by atoms with E-state index in [0.717, 1.165) is 38.4 Å². The van der Waals surface area contributed by atoms with Crippen LogP contribution in [0.4, 0.5) is 0 Å². The summed E-state index contributed by atoms with van der Waals surface area (Å²) in [5.41, 5.74) is 0. The molecule has 1 aromatic heterocycles. The molecule has 8 nitrogen and oxygen atoms in total. The van der Waals surface area contributed by atoms with Gasteiger partial charge >= 0.3 is 0 Å². The number of rotatable bonds is 8. The van der Waals surface area contributed by atoms with Crippen molar-refractivity contribution >= 4 is 22.4 Å². The molecule has 0 aromatic carbocycles. The molecule has 0 amide bonds. The van der Waals surface area contributed by atoms with Crippen LogP contribution in [-0.4, -0.2) is 65.0 Å². The van der Waals surface area contributed by atoms with Crippen LogP contribution < -0.4 is 4.72 Å². The molecule has 0 aliphatic carbocycles. The van der Waals surface area contributed by atoms with Gasteiger partial charge in [-0.25, -0.2) is 17.8 Å². The third kappa shape index (κ3) is 5.65. The van der Waals surface area contributed by atoms with Gasteiger partial charge in [0.1, 0.15) is 5.82 Å². The SMILES string of the molecule is CCS(=O)(=O)N[C@H]1CN(CCCn2nnnc2C)C[C@@H]1C(C)C.Cl. The summed E-state index contributed by atoms with van der Waals surface area (Å²) < 4.78 is 28.4. The Hall–Kier alpha value is -0.770. The molecule has 1 N–H and O–H groups in total. The Morgan fingerprint density at radius 2 is 2.00 bits per heavy atom. The molecule has 1 aliphatic heterocycles. The summed E-state index contributed by atoms with van der Waals surface area (Å²) in [6.45, 7) is 11.3. The second kappa shape index (κ2) is 9.07. The number of hydrogen-bond acceptors (Lipinski definition) is 6. The quantitative estimate of drug-likeness (QED) is 0.713. The first-order valence-electron chi connectivity index (χ1n) is 8.27. The van der Waals surface area contributed by atoms with Gasteiger partial charge in [-0.05, 0) is 49.1 Å². The fourth-order valence-corrected chi connectivity index (χ4v) is 3.99. The van der Waals surface area contributed by atoms with Crippen molar-refractivity contribution in [3.05, 3.63) is 5.82 Å². The lowest BCUT2D eigenvalue weighted by Gasteiger charge is -2.22. The van der Waals surface area contributed by atoms with Crippen molar-refractivity contribution in [2.24, 2.45) is 11.8 Å². The lowest BCUT2D eigenvalue weighted by atomic mass is 9.92. The molecule has 1 aromatic rings. The van der Waals surface area contributed by atoms with Gasteiger partial charge in [-0.2, -0.15) is 0 Å². The Morgan fingerprint density at radius 1 is 1.29 bits per heavy atom. The molecule has 0 spiro atoms. The Balaban J connectivity index is 0.00000288. The molecule has 10 heteroatoms. The summed E-state index contributed by atoms with van der Waals surface area (Å²) in [4.78, 5) is 2.34. The smallest absolute Gasteiger partial charge is 0.211 e. The van der Waals surface area contributed by atoms with Crippen LogP contribution in [0.5, 0.6) is 0 Å². The highest BCUT2D eigenvalue weighted by Gasteiger charge is 2.36. The molecule has 0 radical (unpaired) electrons. The average molecular weight is 381 g/mol. The maximum absolute atomic E-state index is 11.9. The first-order valence-corrected chi connectivity index (χ1v) is 9.92. The number of aromatic nitrogens is 4. The van der Waals surface area contributed by atoms with Crippen molar-refractivity contribution in [2.75, 3.05) is 25.4 Å². The van der Waals surface area contributed by atoms with Crippen molar-refractivity contribution < 1.29 is 8.42 Å². The first kappa shape index (κ1) is 21.3. The summed E-state index contributed by atoms with van der Waals surface area (Å²) in [5.74, 6) is 1.75. The van der Waals surface area contributed by atoms with E-state index in [0.29, 0.717) is 11.8 Å². The molecule has 2 atom stereocenters. The molecule has 140 valence electrons. The van der Waals surface area contributed by atoms with Crippen LogP contribution in [0.25, 0.3) is 0 Å². The summed E-state index contributed by atoms with van der Waals surface area (Å²) in [5, 5.41) is 11.5. The summed E-state index contributed by atoms with van der Waals surface area (Å²) in [6, 6.07) is 0.00900. The zero-order chi connectivity index (χ0) is 17.0. The van der Waals surface area contributed by atoms with Gasteiger partial charge in [-0.3, -0.25) is 0 Å². The molecule has 0 saturated carbocycles. The fourth-order valence-electron chi connectivity index (χ4n) is 3.11. The largest absolute Gasteiger partial charge is 0.301 e. The minimum absolute atomic E-state index is 0. The number of sulfonamides is 1. The molecular weight excluding hydrogens is 352 g/mol. The van der Waals surface area contributed by atoms with Crippen molar-refractivity contribution in [3.63, 3.8) is 0 Å². The Labute approximate surface area is 150 Å². The van der Waals surface area contributed by atoms with E-state index in [1.807, 2.05) is 6.92 Å². The van der Waals surface area contributed by atoms with E-state index in [2.05, 4.69) is 39.0 Å². The van der Waals surface area contributed by atoms with Crippen LogP contribution in [0.3, 0.4) is 0 Å². The van der Waals surface area contributed by atoms with E-state index in [1.165, 1.54) is 0 Å². The van der Waals surface area contributed by atoms with Gasteiger partial charge in [0.25, 0.3) is 0 Å². The zero-order valence-corrected chi connectivity index (χ0v) is 16.5. The van der Waals surface area contributed by atoms with E-state index in [-0.39, 0.29) is 24.2 Å². The summed E-state index contributed by atoms with van der Waals surface area (Å²) in [6.07, 6.45) is 0.948. The number of likely N-dealkylation sites (tertiary alicyclic amines) is 1. The predicted octanol–water partition coefficient (Wildman–Crippen LogP) is 0.689. The zero-order valence-electron chi connectivity index (χ0n) is 14.8. The molecule has 2 heterocycles. The summed E-state index contributed by atoms with van der Waals surface area (Å²) >= 11 is 0. The number of nitrogens with zero attached hydrogens (tertiary/aromatic N) is 5. The normalized spacial score (nSPS) is 22.0. The van der Waals surface area contributed by atoms with Crippen LogP contribution >= 0.6 is 12.4 Å². The standard InChI is InChI=1S/C14H28N6O2S.ClH/c1-5-23(21,22)16-14-10-19(9-13(14)11(2)3)7-6-8-20-12(4)15-17-18-20;/h11,13-14,16H,5-10H2,1-4H3;1H/t13-,14+;/m1./s1. The van der Waals surface area contributed by atoms with Crippen LogP contribution in [0.15, 0.2) is 0 Å². The van der Waals surface area contributed by atoms with Crippen LogP contribution in [0.2, 0.25) is 0 Å². The Kier molecular flexibility index (Phi) is 8.04. The molecule has 2 rings (SSSR count). The molecule has 0 bridgehead atoms. The fraction of sp³-hybridized carbons (Fsp3) is 0.929. The second-order valence-corrected chi connectivity index (χ2v) is 8.64. The minimum atomic E-state index is -3.16. The second-order valence-electron chi connectivity index (χ2n) is 6.60. The van der Waals surface area contributed by atoms with Crippen molar-refractivity contribution in [2.45, 2.75) is 46.7 Å². The third-order valence-corrected chi connectivity index (χ3v) is 5.99. The maximum atomic E-state index is 11.9. The van der Waals surface area contributed by atoms with Crippen LogP contribution in [-0.2, 0) is 16.6 Å². The number of nitrogens with one attached hydrogen (secondary N) is 1.